The maximum Gasteiger partial charge on any atom is 0.337 e. The lowest BCUT2D eigenvalue weighted by Gasteiger charge is -2.05. The minimum atomic E-state index is -0.973. The largest absolute Gasteiger partial charge is 0.478 e. The monoisotopic (exact) mass is 217 g/mol. The molecule has 2 aromatic heterocycles. The van der Waals surface area contributed by atoms with Crippen LogP contribution in [0.2, 0.25) is 0 Å². The molecule has 0 unspecified atom stereocenters. The number of aromatic nitrogens is 3. The SMILES string of the molecule is Cc1ccn(-c2ncc(C(=O)O)cc2C)n1. The first-order chi connectivity index (χ1) is 7.58. The van der Waals surface area contributed by atoms with Crippen molar-refractivity contribution < 1.29 is 9.90 Å². The summed E-state index contributed by atoms with van der Waals surface area (Å²) in [5.74, 6) is -0.322. The number of carbonyl (C=O) groups is 1. The summed E-state index contributed by atoms with van der Waals surface area (Å²) in [6.45, 7) is 3.70. The van der Waals surface area contributed by atoms with E-state index >= 15 is 0 Å². The zero-order valence-corrected chi connectivity index (χ0v) is 9.01. The van der Waals surface area contributed by atoms with Crippen LogP contribution in [0.5, 0.6) is 0 Å². The molecule has 5 heteroatoms. The number of nitrogens with zero attached hydrogens (tertiary/aromatic N) is 3. The fourth-order valence-electron chi connectivity index (χ4n) is 1.46. The van der Waals surface area contributed by atoms with Crippen LogP contribution in [-0.4, -0.2) is 25.8 Å². The first-order valence-electron chi connectivity index (χ1n) is 4.80. The van der Waals surface area contributed by atoms with E-state index in [4.69, 9.17) is 5.11 Å². The first-order valence-corrected chi connectivity index (χ1v) is 4.80. The van der Waals surface area contributed by atoms with Crippen LogP contribution in [0.1, 0.15) is 21.6 Å². The van der Waals surface area contributed by atoms with Gasteiger partial charge in [0, 0.05) is 12.4 Å². The second-order valence-corrected chi connectivity index (χ2v) is 3.57. The van der Waals surface area contributed by atoms with Crippen LogP contribution in [0.15, 0.2) is 24.5 Å². The minimum Gasteiger partial charge on any atom is -0.478 e. The average Bonchev–Trinajstić information content (AvgIpc) is 2.64. The number of pyridine rings is 1. The molecule has 0 aliphatic carbocycles. The number of rotatable bonds is 2. The van der Waals surface area contributed by atoms with Gasteiger partial charge in [-0.15, -0.1) is 0 Å². The van der Waals surface area contributed by atoms with Gasteiger partial charge in [0.05, 0.1) is 11.3 Å². The molecule has 0 aliphatic rings. The quantitative estimate of drug-likeness (QED) is 0.829. The highest BCUT2D eigenvalue weighted by Crippen LogP contribution is 2.12. The van der Waals surface area contributed by atoms with Crippen molar-refractivity contribution in [1.82, 2.24) is 14.8 Å². The molecule has 2 rings (SSSR count). The van der Waals surface area contributed by atoms with Crippen molar-refractivity contribution in [3.8, 4) is 5.82 Å². The van der Waals surface area contributed by atoms with E-state index in [1.165, 1.54) is 6.20 Å². The Bertz CT molecular complexity index is 546. The highest BCUT2D eigenvalue weighted by molar-refractivity contribution is 5.87. The van der Waals surface area contributed by atoms with Gasteiger partial charge in [-0.2, -0.15) is 5.10 Å². The third kappa shape index (κ3) is 1.79. The molecule has 5 nitrogen and oxygen atoms in total. The van der Waals surface area contributed by atoms with Gasteiger partial charge in [-0.1, -0.05) is 0 Å². The molecule has 0 amide bonds. The highest BCUT2D eigenvalue weighted by Gasteiger charge is 2.08. The molecule has 2 aromatic rings. The van der Waals surface area contributed by atoms with E-state index in [2.05, 4.69) is 10.1 Å². The normalized spacial score (nSPS) is 10.4. The molecule has 0 aromatic carbocycles. The van der Waals surface area contributed by atoms with Crippen LogP contribution in [0.4, 0.5) is 0 Å². The summed E-state index contributed by atoms with van der Waals surface area (Å²) in [6.07, 6.45) is 3.13. The van der Waals surface area contributed by atoms with Gasteiger partial charge < -0.3 is 5.11 Å². The predicted octanol–water partition coefficient (Wildman–Crippen LogP) is 1.58. The Morgan fingerprint density at radius 2 is 2.19 bits per heavy atom. The molecule has 0 saturated heterocycles. The van der Waals surface area contributed by atoms with Gasteiger partial charge in [-0.3, -0.25) is 0 Å². The Kier molecular flexibility index (Phi) is 2.44. The summed E-state index contributed by atoms with van der Waals surface area (Å²) in [6, 6.07) is 3.45. The predicted molar refractivity (Wildman–Crippen MR) is 57.8 cm³/mol. The van der Waals surface area contributed by atoms with Crippen LogP contribution in [0, 0.1) is 13.8 Å². The van der Waals surface area contributed by atoms with E-state index in [-0.39, 0.29) is 5.56 Å². The van der Waals surface area contributed by atoms with Gasteiger partial charge in [0.1, 0.15) is 0 Å². The molecular weight excluding hydrogens is 206 g/mol. The van der Waals surface area contributed by atoms with Crippen LogP contribution in [-0.2, 0) is 0 Å². The Morgan fingerprint density at radius 3 is 2.69 bits per heavy atom. The van der Waals surface area contributed by atoms with Gasteiger partial charge >= 0.3 is 5.97 Å². The molecule has 82 valence electrons. The van der Waals surface area contributed by atoms with E-state index < -0.39 is 5.97 Å². The molecule has 0 bridgehead atoms. The smallest absolute Gasteiger partial charge is 0.337 e. The summed E-state index contributed by atoms with van der Waals surface area (Å²) in [4.78, 5) is 14.8. The van der Waals surface area contributed by atoms with Gasteiger partial charge in [0.2, 0.25) is 0 Å². The van der Waals surface area contributed by atoms with E-state index in [9.17, 15) is 4.79 Å². The number of hydrogen-bond donors (Lipinski definition) is 1. The summed E-state index contributed by atoms with van der Waals surface area (Å²) in [5.41, 5.74) is 1.86. The fraction of sp³-hybridized carbons (Fsp3) is 0.182. The van der Waals surface area contributed by atoms with Crippen LogP contribution < -0.4 is 0 Å². The topological polar surface area (TPSA) is 68.0 Å². The maximum absolute atomic E-state index is 10.7. The lowest BCUT2D eigenvalue weighted by atomic mass is 10.2. The first kappa shape index (κ1) is 10.4. The summed E-state index contributed by atoms with van der Waals surface area (Å²) < 4.78 is 1.64. The maximum atomic E-state index is 10.7. The number of hydrogen-bond acceptors (Lipinski definition) is 3. The van der Waals surface area contributed by atoms with E-state index in [0.29, 0.717) is 5.82 Å². The molecule has 0 fully saturated rings. The number of aromatic carboxylic acids is 1. The summed E-state index contributed by atoms with van der Waals surface area (Å²) >= 11 is 0. The highest BCUT2D eigenvalue weighted by atomic mass is 16.4. The second-order valence-electron chi connectivity index (χ2n) is 3.57. The van der Waals surface area contributed by atoms with Crippen molar-refractivity contribution in [2.45, 2.75) is 13.8 Å². The van der Waals surface area contributed by atoms with Crippen molar-refractivity contribution in [1.29, 1.82) is 0 Å². The third-order valence-electron chi connectivity index (χ3n) is 2.24. The molecule has 1 N–H and O–H groups in total. The van der Waals surface area contributed by atoms with E-state index in [0.717, 1.165) is 11.3 Å². The van der Waals surface area contributed by atoms with Gasteiger partial charge in [-0.25, -0.2) is 14.5 Å². The van der Waals surface area contributed by atoms with Crippen LogP contribution in [0.3, 0.4) is 0 Å². The van der Waals surface area contributed by atoms with Gasteiger partial charge in [0.15, 0.2) is 5.82 Å². The minimum absolute atomic E-state index is 0.185. The zero-order chi connectivity index (χ0) is 11.7. The lowest BCUT2D eigenvalue weighted by molar-refractivity contribution is 0.0696. The lowest BCUT2D eigenvalue weighted by Crippen LogP contribution is -2.05. The Labute approximate surface area is 92.4 Å². The van der Waals surface area contributed by atoms with Gasteiger partial charge in [-0.05, 0) is 31.5 Å². The fourth-order valence-corrected chi connectivity index (χ4v) is 1.46. The number of carboxylic acid groups (broad SMARTS) is 1. The Balaban J connectivity index is 2.47. The van der Waals surface area contributed by atoms with Crippen molar-refractivity contribution in [2.24, 2.45) is 0 Å². The molecular formula is C11H11N3O2. The Morgan fingerprint density at radius 1 is 1.44 bits per heavy atom. The molecule has 0 spiro atoms. The van der Waals surface area contributed by atoms with Crippen LogP contribution in [0.25, 0.3) is 5.82 Å². The van der Waals surface area contributed by atoms with E-state index in [1.54, 1.807) is 16.9 Å². The molecule has 0 aliphatic heterocycles. The molecule has 0 atom stereocenters. The average molecular weight is 217 g/mol. The number of carboxylic acids is 1. The van der Waals surface area contributed by atoms with Crippen molar-refractivity contribution in [2.75, 3.05) is 0 Å². The summed E-state index contributed by atoms with van der Waals surface area (Å²) in [5, 5.41) is 13.0. The molecule has 16 heavy (non-hydrogen) atoms. The summed E-state index contributed by atoms with van der Waals surface area (Å²) in [7, 11) is 0. The van der Waals surface area contributed by atoms with Gasteiger partial charge in [0.25, 0.3) is 0 Å². The van der Waals surface area contributed by atoms with Crippen molar-refractivity contribution in [3.05, 3.63) is 41.3 Å². The standard InChI is InChI=1S/C11H11N3O2/c1-7-5-9(11(15)16)6-12-10(7)14-4-3-8(2)13-14/h3-6H,1-2H3,(H,15,16). The number of aryl methyl sites for hydroxylation is 2. The van der Waals surface area contributed by atoms with Crippen molar-refractivity contribution >= 4 is 5.97 Å². The second kappa shape index (κ2) is 3.77. The molecule has 2 heterocycles. The zero-order valence-electron chi connectivity index (χ0n) is 9.01. The molecule has 0 radical (unpaired) electrons. The third-order valence-corrected chi connectivity index (χ3v) is 2.24. The molecule has 0 saturated carbocycles. The Hall–Kier alpha value is -2.17. The van der Waals surface area contributed by atoms with Crippen LogP contribution >= 0.6 is 0 Å². The van der Waals surface area contributed by atoms with Crippen molar-refractivity contribution in [3.63, 3.8) is 0 Å². The van der Waals surface area contributed by atoms with E-state index in [1.807, 2.05) is 19.9 Å².